The molecule has 1 heterocycles. The largest absolute Gasteiger partial charge is 0.444 e. The molecule has 0 saturated carbocycles. The number of amides is 1. The van der Waals surface area contributed by atoms with E-state index in [2.05, 4.69) is 34.6 Å². The zero-order valence-electron chi connectivity index (χ0n) is 16.6. The third kappa shape index (κ3) is 6.96. The minimum absolute atomic E-state index is 0.116. The number of alkyl carbamates (subject to hydrolysis) is 1. The molecule has 0 bridgehead atoms. The number of nitrogens with zero attached hydrogens (tertiary/aromatic N) is 1. The quantitative estimate of drug-likeness (QED) is 0.605. The van der Waals surface area contributed by atoms with Gasteiger partial charge in [-0.3, -0.25) is 0 Å². The van der Waals surface area contributed by atoms with Crippen molar-refractivity contribution in [2.24, 2.45) is 0 Å². The highest BCUT2D eigenvalue weighted by molar-refractivity contribution is 7.13. The number of unbranched alkanes of at least 4 members (excludes halogenated alkanes) is 2. The average molecular weight is 391 g/mol. The lowest BCUT2D eigenvalue weighted by molar-refractivity contribution is 0.0500. The van der Waals surface area contributed by atoms with Crippen LogP contribution < -0.4 is 5.32 Å². The minimum atomic E-state index is -0.529. The summed E-state index contributed by atoms with van der Waals surface area (Å²) in [6.07, 6.45) is 3.04. The van der Waals surface area contributed by atoms with Gasteiger partial charge in [-0.15, -0.1) is 11.3 Å². The van der Waals surface area contributed by atoms with E-state index in [9.17, 15) is 4.79 Å². The van der Waals surface area contributed by atoms with Gasteiger partial charge in [-0.2, -0.15) is 0 Å². The molecule has 5 nitrogen and oxygen atoms in total. The Morgan fingerprint density at radius 1 is 1.22 bits per heavy atom. The monoisotopic (exact) mass is 390 g/mol. The fraction of sp³-hybridized carbons (Fsp3) is 0.524. The summed E-state index contributed by atoms with van der Waals surface area (Å²) in [4.78, 5) is 17.7. The summed E-state index contributed by atoms with van der Waals surface area (Å²) in [5.74, 6) is 0. The second-order valence-electron chi connectivity index (χ2n) is 7.66. The molecular weight excluding hydrogens is 360 g/mol. The summed E-state index contributed by atoms with van der Waals surface area (Å²) in [6.45, 7) is 7.78. The number of ether oxygens (including phenoxy) is 1. The summed E-state index contributed by atoms with van der Waals surface area (Å²) >= 11 is 1.63. The maximum Gasteiger partial charge on any atom is 0.408 e. The molecule has 0 radical (unpaired) electrons. The number of aromatic nitrogens is 1. The summed E-state index contributed by atoms with van der Waals surface area (Å²) in [5, 5.41) is 12.0. The lowest BCUT2D eigenvalue weighted by atomic mass is 9.99. The van der Waals surface area contributed by atoms with Crippen molar-refractivity contribution < 1.29 is 14.6 Å². The Morgan fingerprint density at radius 2 is 1.93 bits per heavy atom. The molecule has 1 atom stereocenters. The second kappa shape index (κ2) is 9.85. The van der Waals surface area contributed by atoms with Crippen LogP contribution in [0.5, 0.6) is 0 Å². The molecule has 0 aliphatic heterocycles. The fourth-order valence-corrected chi connectivity index (χ4v) is 3.67. The molecule has 2 N–H and O–H groups in total. The van der Waals surface area contributed by atoms with E-state index in [1.165, 1.54) is 4.88 Å². The van der Waals surface area contributed by atoms with Crippen molar-refractivity contribution in [1.29, 1.82) is 0 Å². The van der Waals surface area contributed by atoms with Gasteiger partial charge in [-0.1, -0.05) is 37.1 Å². The van der Waals surface area contributed by atoms with Gasteiger partial charge in [0.25, 0.3) is 0 Å². The molecular formula is C21H30N2O3S. The number of benzene rings is 1. The van der Waals surface area contributed by atoms with Gasteiger partial charge in [0.15, 0.2) is 0 Å². The standard InChI is InChI=1S/C21H30N2O3S/c1-15-19(27-14-22-15)17-11-9-16(10-12-17)18(8-6-5-7-13-24)23-20(25)26-21(2,3)4/h9-12,14,18,24H,5-8,13H2,1-4H3,(H,23,25)/t18-/m0/s1. The summed E-state index contributed by atoms with van der Waals surface area (Å²) < 4.78 is 5.42. The van der Waals surface area contributed by atoms with Crippen LogP contribution in [0, 0.1) is 6.92 Å². The van der Waals surface area contributed by atoms with E-state index in [0.717, 1.165) is 42.5 Å². The van der Waals surface area contributed by atoms with Crippen LogP contribution in [0.1, 0.15) is 63.8 Å². The maximum absolute atomic E-state index is 12.2. The van der Waals surface area contributed by atoms with Crippen molar-refractivity contribution in [3.63, 3.8) is 0 Å². The summed E-state index contributed by atoms with van der Waals surface area (Å²) in [6, 6.07) is 8.15. The SMILES string of the molecule is Cc1ncsc1-c1ccc([C@H](CCCCCO)NC(=O)OC(C)(C)C)cc1. The molecule has 0 aliphatic rings. The summed E-state index contributed by atoms with van der Waals surface area (Å²) in [7, 11) is 0. The Labute approximate surface area is 165 Å². The van der Waals surface area contributed by atoms with Crippen LogP contribution >= 0.6 is 11.3 Å². The molecule has 0 saturated heterocycles. The highest BCUT2D eigenvalue weighted by Gasteiger charge is 2.20. The van der Waals surface area contributed by atoms with Crippen LogP contribution in [-0.2, 0) is 4.74 Å². The van der Waals surface area contributed by atoms with Crippen molar-refractivity contribution >= 4 is 17.4 Å². The summed E-state index contributed by atoms with van der Waals surface area (Å²) in [5.41, 5.74) is 4.54. The molecule has 27 heavy (non-hydrogen) atoms. The first-order chi connectivity index (χ1) is 12.8. The van der Waals surface area contributed by atoms with Gasteiger partial charge in [-0.25, -0.2) is 9.78 Å². The first-order valence-electron chi connectivity index (χ1n) is 9.41. The van der Waals surface area contributed by atoms with E-state index in [1.54, 1.807) is 11.3 Å². The molecule has 0 fully saturated rings. The highest BCUT2D eigenvalue weighted by Crippen LogP contribution is 2.29. The number of thiazole rings is 1. The van der Waals surface area contributed by atoms with Gasteiger partial charge >= 0.3 is 6.09 Å². The highest BCUT2D eigenvalue weighted by atomic mass is 32.1. The molecule has 148 valence electrons. The molecule has 0 unspecified atom stereocenters. The Morgan fingerprint density at radius 3 is 2.48 bits per heavy atom. The average Bonchev–Trinajstić information content (AvgIpc) is 3.02. The smallest absolute Gasteiger partial charge is 0.408 e. The Balaban J connectivity index is 2.11. The van der Waals surface area contributed by atoms with Crippen molar-refractivity contribution in [3.8, 4) is 10.4 Å². The molecule has 1 aromatic carbocycles. The topological polar surface area (TPSA) is 71.5 Å². The molecule has 0 spiro atoms. The fourth-order valence-electron chi connectivity index (χ4n) is 2.85. The van der Waals surface area contributed by atoms with Gasteiger partial charge in [0.2, 0.25) is 0 Å². The third-order valence-corrected chi connectivity index (χ3v) is 5.14. The number of hydrogen-bond acceptors (Lipinski definition) is 5. The van der Waals surface area contributed by atoms with Crippen LogP contribution in [0.15, 0.2) is 29.8 Å². The number of aliphatic hydroxyl groups is 1. The van der Waals surface area contributed by atoms with Gasteiger partial charge in [-0.05, 0) is 51.7 Å². The number of aryl methyl sites for hydroxylation is 1. The molecule has 2 rings (SSSR count). The van der Waals surface area contributed by atoms with Crippen molar-refractivity contribution in [3.05, 3.63) is 41.0 Å². The zero-order chi connectivity index (χ0) is 19.9. The van der Waals surface area contributed by atoms with E-state index in [4.69, 9.17) is 9.84 Å². The number of nitrogens with one attached hydrogen (secondary N) is 1. The lowest BCUT2D eigenvalue weighted by Gasteiger charge is -2.24. The minimum Gasteiger partial charge on any atom is -0.444 e. The molecule has 1 amide bonds. The van der Waals surface area contributed by atoms with Crippen LogP contribution in [0.4, 0.5) is 4.79 Å². The number of carbonyl (C=O) groups is 1. The lowest BCUT2D eigenvalue weighted by Crippen LogP contribution is -2.35. The Kier molecular flexibility index (Phi) is 7.80. The van der Waals surface area contributed by atoms with Gasteiger partial charge < -0.3 is 15.2 Å². The van der Waals surface area contributed by atoms with E-state index in [0.29, 0.717) is 0 Å². The van der Waals surface area contributed by atoms with Gasteiger partial charge in [0.1, 0.15) is 5.60 Å². The predicted octanol–water partition coefficient (Wildman–Crippen LogP) is 5.24. The number of rotatable bonds is 8. The number of hydrogen-bond donors (Lipinski definition) is 2. The van der Waals surface area contributed by atoms with Crippen LogP contribution in [-0.4, -0.2) is 28.4 Å². The van der Waals surface area contributed by atoms with Crippen LogP contribution in [0.25, 0.3) is 10.4 Å². The molecule has 6 heteroatoms. The molecule has 2 aromatic rings. The molecule has 1 aromatic heterocycles. The van der Waals surface area contributed by atoms with E-state index in [-0.39, 0.29) is 12.6 Å². The van der Waals surface area contributed by atoms with Crippen LogP contribution in [0.3, 0.4) is 0 Å². The van der Waals surface area contributed by atoms with E-state index >= 15 is 0 Å². The Hall–Kier alpha value is -1.92. The zero-order valence-corrected chi connectivity index (χ0v) is 17.4. The first kappa shape index (κ1) is 21.4. The Bertz CT molecular complexity index is 720. The maximum atomic E-state index is 12.2. The van der Waals surface area contributed by atoms with Crippen molar-refractivity contribution in [2.45, 2.75) is 65.0 Å². The number of carbonyl (C=O) groups excluding carboxylic acids is 1. The second-order valence-corrected chi connectivity index (χ2v) is 8.52. The van der Waals surface area contributed by atoms with E-state index < -0.39 is 11.7 Å². The number of aliphatic hydroxyl groups excluding tert-OH is 1. The normalized spacial score (nSPS) is 12.6. The van der Waals surface area contributed by atoms with Gasteiger partial charge in [0.05, 0.1) is 22.1 Å². The van der Waals surface area contributed by atoms with Crippen molar-refractivity contribution in [1.82, 2.24) is 10.3 Å². The third-order valence-electron chi connectivity index (χ3n) is 4.16. The molecule has 0 aliphatic carbocycles. The van der Waals surface area contributed by atoms with Crippen LogP contribution in [0.2, 0.25) is 0 Å². The first-order valence-corrected chi connectivity index (χ1v) is 10.3. The predicted molar refractivity (Wildman–Crippen MR) is 110 cm³/mol. The van der Waals surface area contributed by atoms with Gasteiger partial charge in [0, 0.05) is 6.61 Å². The van der Waals surface area contributed by atoms with E-state index in [1.807, 2.05) is 33.2 Å². The van der Waals surface area contributed by atoms with Crippen molar-refractivity contribution in [2.75, 3.05) is 6.61 Å².